The van der Waals surface area contributed by atoms with Crippen molar-refractivity contribution in [2.75, 3.05) is 6.54 Å². The second-order valence-electron chi connectivity index (χ2n) is 5.03. The summed E-state index contributed by atoms with van der Waals surface area (Å²) in [6, 6.07) is -1.76. The highest BCUT2D eigenvalue weighted by Gasteiger charge is 2.31. The van der Waals surface area contributed by atoms with Crippen LogP contribution < -0.4 is 10.6 Å². The van der Waals surface area contributed by atoms with Gasteiger partial charge in [0.15, 0.2) is 0 Å². The molecular formula is C14H17FN3O3. The van der Waals surface area contributed by atoms with Crippen molar-refractivity contribution in [3.8, 4) is 0 Å². The van der Waals surface area contributed by atoms with E-state index >= 15 is 0 Å². The molecule has 113 valence electrons. The molecule has 2 N–H and O–H groups in total. The monoisotopic (exact) mass is 294 g/mol. The fraction of sp³-hybridized carbons (Fsp3) is 0.500. The van der Waals surface area contributed by atoms with Crippen molar-refractivity contribution in [3.05, 3.63) is 24.1 Å². The molecular weight excluding hydrogens is 277 g/mol. The number of urea groups is 1. The smallest absolute Gasteiger partial charge is 0.324 e. The van der Waals surface area contributed by atoms with Gasteiger partial charge in [0.2, 0.25) is 0 Å². The predicted molar refractivity (Wildman–Crippen MR) is 73.4 cm³/mol. The second kappa shape index (κ2) is 7.01. The number of likely N-dealkylation sites (tertiary alicyclic amines) is 1. The molecule has 0 aromatic heterocycles. The Bertz CT molecular complexity index is 490. The number of allylic oxidation sites excluding steroid dienone is 2. The molecule has 2 aliphatic rings. The highest BCUT2D eigenvalue weighted by atomic mass is 19.1. The van der Waals surface area contributed by atoms with Gasteiger partial charge in [0.1, 0.15) is 11.9 Å². The van der Waals surface area contributed by atoms with Gasteiger partial charge in [-0.3, -0.25) is 14.5 Å². The molecule has 21 heavy (non-hydrogen) atoms. The average molecular weight is 294 g/mol. The number of imide groups is 1. The first-order chi connectivity index (χ1) is 10.1. The Balaban J connectivity index is 2.01. The Kier molecular flexibility index (Phi) is 5.08. The maximum atomic E-state index is 13.1. The predicted octanol–water partition coefficient (Wildman–Crippen LogP) is 0.916. The van der Waals surface area contributed by atoms with Gasteiger partial charge in [-0.2, -0.15) is 0 Å². The Labute approximate surface area is 122 Å². The number of amides is 4. The minimum absolute atomic E-state index is 0.288. The average Bonchev–Trinajstić information content (AvgIpc) is 2.62. The molecule has 1 saturated heterocycles. The van der Waals surface area contributed by atoms with Crippen molar-refractivity contribution >= 4 is 18.3 Å². The molecule has 2 atom stereocenters. The third-order valence-corrected chi connectivity index (χ3v) is 3.50. The maximum Gasteiger partial charge on any atom is 0.324 e. The summed E-state index contributed by atoms with van der Waals surface area (Å²) in [5, 5.41) is 4.92. The van der Waals surface area contributed by atoms with Crippen LogP contribution in [0.2, 0.25) is 0 Å². The summed E-state index contributed by atoms with van der Waals surface area (Å²) in [4.78, 5) is 35.9. The zero-order valence-electron chi connectivity index (χ0n) is 11.5. The third-order valence-electron chi connectivity index (χ3n) is 3.50. The maximum absolute atomic E-state index is 13.1. The van der Waals surface area contributed by atoms with Gasteiger partial charge in [-0.1, -0.05) is 6.08 Å². The number of nitrogens with zero attached hydrogens (tertiary/aromatic N) is 1. The Morgan fingerprint density at radius 2 is 2.24 bits per heavy atom. The summed E-state index contributed by atoms with van der Waals surface area (Å²) in [5.74, 6) is -0.868. The number of rotatable bonds is 3. The minimum atomic E-state index is -0.728. The summed E-state index contributed by atoms with van der Waals surface area (Å²) >= 11 is 0. The van der Waals surface area contributed by atoms with E-state index in [2.05, 4.69) is 10.6 Å². The van der Waals surface area contributed by atoms with E-state index in [-0.39, 0.29) is 6.54 Å². The molecule has 4 amide bonds. The molecule has 0 saturated carbocycles. The van der Waals surface area contributed by atoms with Crippen molar-refractivity contribution < 1.29 is 18.8 Å². The van der Waals surface area contributed by atoms with Crippen LogP contribution in [0.3, 0.4) is 0 Å². The van der Waals surface area contributed by atoms with Crippen molar-refractivity contribution in [1.82, 2.24) is 15.5 Å². The highest BCUT2D eigenvalue weighted by Crippen LogP contribution is 2.15. The molecule has 0 bridgehead atoms. The Morgan fingerprint density at radius 3 is 2.95 bits per heavy atom. The summed E-state index contributed by atoms with van der Waals surface area (Å²) in [5.41, 5.74) is 0. The first kappa shape index (κ1) is 15.2. The SMILES string of the molecule is O=[C]N[C@H]1CCCCN(C(=O)NC2C=C(F)C=CC2)C1=O. The first-order valence-corrected chi connectivity index (χ1v) is 6.90. The van der Waals surface area contributed by atoms with Crippen molar-refractivity contribution in [2.24, 2.45) is 0 Å². The van der Waals surface area contributed by atoms with Crippen LogP contribution in [0.4, 0.5) is 9.18 Å². The lowest BCUT2D eigenvalue weighted by atomic mass is 10.1. The van der Waals surface area contributed by atoms with Crippen LogP contribution in [-0.2, 0) is 9.59 Å². The number of nitrogens with one attached hydrogen (secondary N) is 2. The lowest BCUT2D eigenvalue weighted by Crippen LogP contribution is -2.52. The molecule has 0 spiro atoms. The fourth-order valence-electron chi connectivity index (χ4n) is 2.43. The molecule has 1 fully saturated rings. The highest BCUT2D eigenvalue weighted by molar-refractivity contribution is 5.98. The third kappa shape index (κ3) is 3.90. The number of carbonyl (C=O) groups is 2. The molecule has 0 aromatic carbocycles. The van der Waals surface area contributed by atoms with E-state index in [0.717, 1.165) is 11.3 Å². The molecule has 7 heteroatoms. The molecule has 1 radical (unpaired) electrons. The number of carbonyl (C=O) groups excluding carboxylic acids is 3. The van der Waals surface area contributed by atoms with E-state index in [0.29, 0.717) is 19.3 Å². The van der Waals surface area contributed by atoms with E-state index in [9.17, 15) is 18.8 Å². The van der Waals surface area contributed by atoms with Crippen molar-refractivity contribution in [3.63, 3.8) is 0 Å². The van der Waals surface area contributed by atoms with Crippen molar-refractivity contribution in [1.29, 1.82) is 0 Å². The van der Waals surface area contributed by atoms with E-state index in [4.69, 9.17) is 0 Å². The summed E-state index contributed by atoms with van der Waals surface area (Å²) in [6.07, 6.45) is 8.11. The van der Waals surface area contributed by atoms with E-state index < -0.39 is 29.8 Å². The topological polar surface area (TPSA) is 78.5 Å². The van der Waals surface area contributed by atoms with Gasteiger partial charge in [0.25, 0.3) is 5.91 Å². The fourth-order valence-corrected chi connectivity index (χ4v) is 2.43. The van der Waals surface area contributed by atoms with Crippen LogP contribution >= 0.6 is 0 Å². The first-order valence-electron chi connectivity index (χ1n) is 6.90. The van der Waals surface area contributed by atoms with Gasteiger partial charge in [-0.05, 0) is 37.8 Å². The number of halogens is 1. The van der Waals surface area contributed by atoms with E-state index in [1.54, 1.807) is 6.08 Å². The summed E-state index contributed by atoms with van der Waals surface area (Å²) in [7, 11) is 0. The Hall–Kier alpha value is -2.18. The van der Waals surface area contributed by atoms with Gasteiger partial charge in [-0.15, -0.1) is 0 Å². The normalized spacial score (nSPS) is 25.9. The quantitative estimate of drug-likeness (QED) is 0.760. The van der Waals surface area contributed by atoms with Crippen LogP contribution in [0.5, 0.6) is 0 Å². The van der Waals surface area contributed by atoms with Gasteiger partial charge in [-0.25, -0.2) is 9.18 Å². The zero-order valence-corrected chi connectivity index (χ0v) is 11.5. The standard InChI is InChI=1S/C14H17FN3O3/c15-10-4-3-5-11(8-10)17-14(21)18-7-2-1-6-12(13(18)20)16-9-19/h3-4,8,11-12H,1-2,5-7H2,(H,16,19)(H,17,21)/t11?,12-/m0/s1. The van der Waals surface area contributed by atoms with Crippen LogP contribution in [0, 0.1) is 0 Å². The van der Waals surface area contributed by atoms with Gasteiger partial charge in [0.05, 0.1) is 6.04 Å². The summed E-state index contributed by atoms with van der Waals surface area (Å²) < 4.78 is 13.1. The largest absolute Gasteiger partial charge is 0.336 e. The molecule has 1 aliphatic carbocycles. The summed E-state index contributed by atoms with van der Waals surface area (Å²) in [6.45, 7) is 0.288. The molecule has 1 aliphatic heterocycles. The zero-order chi connectivity index (χ0) is 15.2. The van der Waals surface area contributed by atoms with Crippen LogP contribution in [0.1, 0.15) is 25.7 Å². The van der Waals surface area contributed by atoms with E-state index in [1.807, 2.05) is 0 Å². The molecule has 1 heterocycles. The minimum Gasteiger partial charge on any atom is -0.336 e. The lowest BCUT2D eigenvalue weighted by Gasteiger charge is -2.25. The number of hydrogen-bond acceptors (Lipinski definition) is 3. The molecule has 0 aromatic rings. The van der Waals surface area contributed by atoms with Crippen LogP contribution in [-0.4, -0.2) is 41.9 Å². The molecule has 1 unspecified atom stereocenters. The second-order valence-corrected chi connectivity index (χ2v) is 5.03. The lowest BCUT2D eigenvalue weighted by molar-refractivity contribution is -0.129. The van der Waals surface area contributed by atoms with Gasteiger partial charge in [0, 0.05) is 6.54 Å². The van der Waals surface area contributed by atoms with Gasteiger partial charge >= 0.3 is 12.4 Å². The van der Waals surface area contributed by atoms with E-state index in [1.165, 1.54) is 18.6 Å². The molecule has 2 rings (SSSR count). The Morgan fingerprint density at radius 1 is 1.43 bits per heavy atom. The van der Waals surface area contributed by atoms with Crippen LogP contribution in [0.25, 0.3) is 0 Å². The molecule has 6 nitrogen and oxygen atoms in total. The van der Waals surface area contributed by atoms with Gasteiger partial charge < -0.3 is 10.6 Å². The van der Waals surface area contributed by atoms with Crippen molar-refractivity contribution in [2.45, 2.75) is 37.8 Å². The van der Waals surface area contributed by atoms with Crippen LogP contribution in [0.15, 0.2) is 24.1 Å². The number of hydrogen-bond donors (Lipinski definition) is 2.